The molecule has 2 aliphatic rings. The summed E-state index contributed by atoms with van der Waals surface area (Å²) in [5.74, 6) is 0.274. The van der Waals surface area contributed by atoms with Crippen LogP contribution in [-0.2, 0) is 6.42 Å². The molecule has 1 aliphatic heterocycles. The van der Waals surface area contributed by atoms with Gasteiger partial charge in [0.15, 0.2) is 5.76 Å². The van der Waals surface area contributed by atoms with Crippen molar-refractivity contribution in [1.29, 1.82) is 0 Å². The first-order valence-corrected chi connectivity index (χ1v) is 9.32. The Morgan fingerprint density at radius 2 is 2.09 bits per heavy atom. The first kappa shape index (κ1) is 16.4. The van der Waals surface area contributed by atoms with Gasteiger partial charge in [-0.3, -0.25) is 4.79 Å². The second-order valence-corrected chi connectivity index (χ2v) is 7.99. The van der Waals surface area contributed by atoms with Gasteiger partial charge in [0.25, 0.3) is 5.91 Å². The Hall–Kier alpha value is -1.43. The standard InChI is InChI=1S/C17H23NO4S/c1-2-13-12(16(20)21)10-14(22-13)15(19)18-8-9-23-17(11-18)6-4-3-5-7-17/h10H,2-9,11H2,1H3,(H,20,21). The first-order chi connectivity index (χ1) is 11.0. The summed E-state index contributed by atoms with van der Waals surface area (Å²) in [6, 6.07) is 1.39. The van der Waals surface area contributed by atoms with E-state index in [1.807, 2.05) is 23.6 Å². The molecule has 1 aliphatic carbocycles. The molecule has 0 radical (unpaired) electrons. The van der Waals surface area contributed by atoms with Crippen LogP contribution >= 0.6 is 11.8 Å². The fourth-order valence-corrected chi connectivity index (χ4v) is 5.22. The second kappa shape index (κ2) is 6.59. The van der Waals surface area contributed by atoms with E-state index in [-0.39, 0.29) is 22.0 Å². The van der Waals surface area contributed by atoms with E-state index in [1.54, 1.807) is 0 Å². The highest BCUT2D eigenvalue weighted by Crippen LogP contribution is 2.43. The second-order valence-electron chi connectivity index (χ2n) is 6.43. The van der Waals surface area contributed by atoms with Crippen LogP contribution in [0.1, 0.15) is 65.7 Å². The molecule has 0 atom stereocenters. The number of carbonyl (C=O) groups excluding carboxylic acids is 1. The van der Waals surface area contributed by atoms with Crippen LogP contribution in [-0.4, -0.2) is 45.5 Å². The molecular formula is C17H23NO4S. The van der Waals surface area contributed by atoms with E-state index >= 15 is 0 Å². The summed E-state index contributed by atoms with van der Waals surface area (Å²) in [4.78, 5) is 25.9. The van der Waals surface area contributed by atoms with Crippen molar-refractivity contribution in [2.45, 2.75) is 50.2 Å². The largest absolute Gasteiger partial charge is 0.478 e. The zero-order valence-electron chi connectivity index (χ0n) is 13.5. The summed E-state index contributed by atoms with van der Waals surface area (Å²) >= 11 is 2.00. The zero-order chi connectivity index (χ0) is 16.4. The number of hydrogen-bond donors (Lipinski definition) is 1. The Bertz CT molecular complexity index is 598. The van der Waals surface area contributed by atoms with Crippen molar-refractivity contribution in [2.75, 3.05) is 18.8 Å². The van der Waals surface area contributed by atoms with E-state index < -0.39 is 5.97 Å². The Balaban J connectivity index is 1.78. The van der Waals surface area contributed by atoms with Crippen LogP contribution < -0.4 is 0 Å². The summed E-state index contributed by atoms with van der Waals surface area (Å²) in [5.41, 5.74) is 0.106. The number of carboxylic acids is 1. The van der Waals surface area contributed by atoms with E-state index in [4.69, 9.17) is 4.42 Å². The number of hydrogen-bond acceptors (Lipinski definition) is 4. The molecule has 0 bridgehead atoms. The van der Waals surface area contributed by atoms with Gasteiger partial charge in [0.05, 0.1) is 0 Å². The Morgan fingerprint density at radius 3 is 2.70 bits per heavy atom. The highest BCUT2D eigenvalue weighted by molar-refractivity contribution is 8.00. The molecule has 1 amide bonds. The molecule has 6 heteroatoms. The quantitative estimate of drug-likeness (QED) is 0.915. The SMILES string of the molecule is CCc1oc(C(=O)N2CCSC3(CCCCC3)C2)cc1C(=O)O. The fraction of sp³-hybridized carbons (Fsp3) is 0.647. The predicted octanol–water partition coefficient (Wildman–Crippen LogP) is 3.43. The van der Waals surface area contributed by atoms with Gasteiger partial charge in [-0.05, 0) is 12.8 Å². The predicted molar refractivity (Wildman–Crippen MR) is 89.2 cm³/mol. The van der Waals surface area contributed by atoms with Gasteiger partial charge < -0.3 is 14.4 Å². The molecule has 3 rings (SSSR count). The third kappa shape index (κ3) is 3.27. The molecule has 23 heavy (non-hydrogen) atoms. The average molecular weight is 337 g/mol. The maximum Gasteiger partial charge on any atom is 0.339 e. The summed E-state index contributed by atoms with van der Waals surface area (Å²) < 4.78 is 5.73. The van der Waals surface area contributed by atoms with Gasteiger partial charge in [0.2, 0.25) is 0 Å². The lowest BCUT2D eigenvalue weighted by molar-refractivity contribution is 0.0685. The number of thioether (sulfide) groups is 1. The Kier molecular flexibility index (Phi) is 4.71. The van der Waals surface area contributed by atoms with Crippen molar-refractivity contribution in [3.05, 3.63) is 23.2 Å². The number of rotatable bonds is 3. The number of amides is 1. The molecule has 1 saturated carbocycles. The van der Waals surface area contributed by atoms with Crippen molar-refractivity contribution in [2.24, 2.45) is 0 Å². The van der Waals surface area contributed by atoms with Crippen LogP contribution in [0.15, 0.2) is 10.5 Å². The average Bonchev–Trinajstić information content (AvgIpc) is 2.99. The van der Waals surface area contributed by atoms with E-state index in [0.717, 1.165) is 12.3 Å². The number of nitrogens with zero attached hydrogens (tertiary/aromatic N) is 1. The van der Waals surface area contributed by atoms with E-state index in [9.17, 15) is 14.7 Å². The molecule has 2 fully saturated rings. The molecule has 1 aromatic heterocycles. The molecular weight excluding hydrogens is 314 g/mol. The molecule has 126 valence electrons. The summed E-state index contributed by atoms with van der Waals surface area (Å²) in [6.07, 6.45) is 6.56. The highest BCUT2D eigenvalue weighted by atomic mass is 32.2. The van der Waals surface area contributed by atoms with Crippen molar-refractivity contribution in [3.63, 3.8) is 0 Å². The minimum atomic E-state index is -1.04. The Morgan fingerprint density at radius 1 is 1.35 bits per heavy atom. The van der Waals surface area contributed by atoms with Crippen LogP contribution in [0.3, 0.4) is 0 Å². The highest BCUT2D eigenvalue weighted by Gasteiger charge is 2.39. The van der Waals surface area contributed by atoms with E-state index in [0.29, 0.717) is 18.7 Å². The van der Waals surface area contributed by atoms with Gasteiger partial charge in [-0.1, -0.05) is 26.2 Å². The van der Waals surface area contributed by atoms with E-state index in [2.05, 4.69) is 0 Å². The molecule has 1 saturated heterocycles. The lowest BCUT2D eigenvalue weighted by Gasteiger charge is -2.44. The number of furan rings is 1. The summed E-state index contributed by atoms with van der Waals surface area (Å²) in [6.45, 7) is 3.28. The van der Waals surface area contributed by atoms with Gasteiger partial charge >= 0.3 is 5.97 Å². The van der Waals surface area contributed by atoms with Crippen LogP contribution in [0.5, 0.6) is 0 Å². The number of aryl methyl sites for hydroxylation is 1. The van der Waals surface area contributed by atoms with Crippen LogP contribution in [0, 0.1) is 0 Å². The molecule has 0 unspecified atom stereocenters. The minimum Gasteiger partial charge on any atom is -0.478 e. The zero-order valence-corrected chi connectivity index (χ0v) is 14.3. The summed E-state index contributed by atoms with van der Waals surface area (Å²) in [5, 5.41) is 9.21. The van der Waals surface area contributed by atoms with Crippen LogP contribution in [0.4, 0.5) is 0 Å². The van der Waals surface area contributed by atoms with Crippen molar-refractivity contribution in [3.8, 4) is 0 Å². The van der Waals surface area contributed by atoms with Gasteiger partial charge in [-0.2, -0.15) is 11.8 Å². The van der Waals surface area contributed by atoms with Crippen molar-refractivity contribution in [1.82, 2.24) is 4.90 Å². The van der Waals surface area contributed by atoms with Crippen LogP contribution in [0.25, 0.3) is 0 Å². The first-order valence-electron chi connectivity index (χ1n) is 8.34. The smallest absolute Gasteiger partial charge is 0.339 e. The van der Waals surface area contributed by atoms with Gasteiger partial charge in [0, 0.05) is 36.1 Å². The molecule has 0 aromatic carbocycles. The minimum absolute atomic E-state index is 0.106. The monoisotopic (exact) mass is 337 g/mol. The molecule has 1 N–H and O–H groups in total. The molecule has 2 heterocycles. The number of carboxylic acid groups (broad SMARTS) is 1. The van der Waals surface area contributed by atoms with Gasteiger partial charge in [-0.25, -0.2) is 4.79 Å². The lowest BCUT2D eigenvalue weighted by Crippen LogP contribution is -2.49. The van der Waals surface area contributed by atoms with Crippen molar-refractivity contribution < 1.29 is 19.1 Å². The molecule has 5 nitrogen and oxygen atoms in total. The number of carbonyl (C=O) groups is 2. The Labute approximate surface area is 140 Å². The lowest BCUT2D eigenvalue weighted by atomic mass is 9.87. The van der Waals surface area contributed by atoms with Crippen molar-refractivity contribution >= 4 is 23.6 Å². The fourth-order valence-electron chi connectivity index (χ4n) is 3.65. The maximum absolute atomic E-state index is 12.8. The van der Waals surface area contributed by atoms with Gasteiger partial charge in [0.1, 0.15) is 11.3 Å². The van der Waals surface area contributed by atoms with E-state index in [1.165, 1.54) is 38.2 Å². The maximum atomic E-state index is 12.8. The normalized spacial score (nSPS) is 20.7. The van der Waals surface area contributed by atoms with Gasteiger partial charge in [-0.15, -0.1) is 0 Å². The molecule has 1 spiro atoms. The third-order valence-corrected chi connectivity index (χ3v) is 6.41. The topological polar surface area (TPSA) is 70.8 Å². The summed E-state index contributed by atoms with van der Waals surface area (Å²) in [7, 11) is 0. The molecule has 1 aromatic rings. The third-order valence-electron chi connectivity index (χ3n) is 4.87. The number of aromatic carboxylic acids is 1. The van der Waals surface area contributed by atoms with Crippen LogP contribution in [0.2, 0.25) is 0 Å².